The Morgan fingerprint density at radius 3 is 2.42 bits per heavy atom. The quantitative estimate of drug-likeness (QED) is 0.886. The van der Waals surface area contributed by atoms with Gasteiger partial charge in [-0.1, -0.05) is 44.2 Å². The number of carbonyl (C=O) groups is 1. The summed E-state index contributed by atoms with van der Waals surface area (Å²) in [5, 5.41) is 9.83. The summed E-state index contributed by atoms with van der Waals surface area (Å²) in [5.74, 6) is 0.625. The average molecular weight is 327 g/mol. The topological polar surface area (TPSA) is 66.3 Å². The first-order chi connectivity index (χ1) is 11.4. The number of hydrogen-bond acceptors (Lipinski definition) is 4. The maximum absolute atomic E-state index is 13.1. The molecule has 0 radical (unpaired) electrons. The Bertz CT molecular complexity index is 686. The lowest BCUT2D eigenvalue weighted by molar-refractivity contribution is 0.0480. The third kappa shape index (κ3) is 4.17. The third-order valence-electron chi connectivity index (χ3n) is 4.14. The maximum Gasteiger partial charge on any atom is 0.257 e. The van der Waals surface area contributed by atoms with Crippen molar-refractivity contribution in [2.75, 3.05) is 6.61 Å². The predicted molar refractivity (Wildman–Crippen MR) is 93.5 cm³/mol. The van der Waals surface area contributed by atoms with Crippen LogP contribution < -0.4 is 0 Å². The third-order valence-corrected chi connectivity index (χ3v) is 4.14. The monoisotopic (exact) mass is 327 g/mol. The van der Waals surface area contributed by atoms with Gasteiger partial charge in [-0.3, -0.25) is 4.79 Å². The van der Waals surface area contributed by atoms with Gasteiger partial charge in [0, 0.05) is 12.7 Å². The Hall–Kier alpha value is -2.27. The van der Waals surface area contributed by atoms with Crippen LogP contribution in [0.2, 0.25) is 0 Å². The van der Waals surface area contributed by atoms with Crippen molar-refractivity contribution in [2.45, 2.75) is 40.3 Å². The molecule has 0 saturated heterocycles. The zero-order chi connectivity index (χ0) is 17.7. The molecule has 128 valence electrons. The predicted octanol–water partition coefficient (Wildman–Crippen LogP) is 2.75. The van der Waals surface area contributed by atoms with E-state index in [0.717, 1.165) is 5.56 Å². The molecule has 0 unspecified atom stereocenters. The van der Waals surface area contributed by atoms with Gasteiger partial charge in [0.2, 0.25) is 0 Å². The number of aliphatic hydroxyl groups excluding tert-OH is 1. The minimum absolute atomic E-state index is 0.0813. The van der Waals surface area contributed by atoms with Crippen LogP contribution in [-0.4, -0.2) is 38.5 Å². The SMILES string of the molecule is Cc1ncc(C(=O)N(Cc2ccccc2)[C@@H](CO)C(C)C)c(C)n1. The van der Waals surface area contributed by atoms with Crippen molar-refractivity contribution < 1.29 is 9.90 Å². The Labute approximate surface area is 143 Å². The Kier molecular flexibility index (Phi) is 6.04. The molecule has 1 aromatic carbocycles. The lowest BCUT2D eigenvalue weighted by Gasteiger charge is -2.33. The average Bonchev–Trinajstić information content (AvgIpc) is 2.54. The minimum Gasteiger partial charge on any atom is -0.394 e. The fourth-order valence-corrected chi connectivity index (χ4v) is 2.74. The van der Waals surface area contributed by atoms with Crippen molar-refractivity contribution in [1.82, 2.24) is 14.9 Å². The van der Waals surface area contributed by atoms with Gasteiger partial charge in [-0.15, -0.1) is 0 Å². The van der Waals surface area contributed by atoms with Gasteiger partial charge >= 0.3 is 0 Å². The van der Waals surface area contributed by atoms with E-state index in [4.69, 9.17) is 0 Å². The van der Waals surface area contributed by atoms with Crippen LogP contribution in [0.1, 0.15) is 41.3 Å². The summed E-state index contributed by atoms with van der Waals surface area (Å²) in [4.78, 5) is 23.3. The Morgan fingerprint density at radius 2 is 1.88 bits per heavy atom. The van der Waals surface area contributed by atoms with E-state index in [1.165, 1.54) is 0 Å². The summed E-state index contributed by atoms with van der Waals surface area (Å²) < 4.78 is 0. The molecule has 5 heteroatoms. The first-order valence-electron chi connectivity index (χ1n) is 8.20. The van der Waals surface area contributed by atoms with Crippen molar-refractivity contribution in [3.63, 3.8) is 0 Å². The van der Waals surface area contributed by atoms with Crippen LogP contribution in [0, 0.1) is 19.8 Å². The van der Waals surface area contributed by atoms with Gasteiger partial charge in [-0.05, 0) is 25.3 Å². The lowest BCUT2D eigenvalue weighted by Crippen LogP contribution is -2.45. The second-order valence-corrected chi connectivity index (χ2v) is 6.33. The van der Waals surface area contributed by atoms with E-state index in [1.54, 1.807) is 18.0 Å². The largest absolute Gasteiger partial charge is 0.394 e. The molecule has 24 heavy (non-hydrogen) atoms. The molecule has 1 aromatic heterocycles. The van der Waals surface area contributed by atoms with Gasteiger partial charge in [-0.2, -0.15) is 0 Å². The van der Waals surface area contributed by atoms with E-state index in [9.17, 15) is 9.90 Å². The highest BCUT2D eigenvalue weighted by atomic mass is 16.3. The number of aryl methyl sites for hydroxylation is 2. The number of aromatic nitrogens is 2. The van der Waals surface area contributed by atoms with Gasteiger partial charge in [0.1, 0.15) is 5.82 Å². The molecule has 2 rings (SSSR count). The molecule has 0 aliphatic heterocycles. The van der Waals surface area contributed by atoms with Gasteiger partial charge in [0.15, 0.2) is 0 Å². The molecule has 0 saturated carbocycles. The number of nitrogens with zero attached hydrogens (tertiary/aromatic N) is 3. The van der Waals surface area contributed by atoms with E-state index < -0.39 is 0 Å². The second-order valence-electron chi connectivity index (χ2n) is 6.33. The molecule has 0 aliphatic rings. The summed E-state index contributed by atoms with van der Waals surface area (Å²) in [7, 11) is 0. The van der Waals surface area contributed by atoms with Crippen LogP contribution in [0.4, 0.5) is 0 Å². The highest BCUT2D eigenvalue weighted by Gasteiger charge is 2.28. The van der Waals surface area contributed by atoms with E-state index in [0.29, 0.717) is 23.6 Å². The molecule has 1 atom stereocenters. The molecular weight excluding hydrogens is 302 g/mol. The standard InChI is InChI=1S/C19H25N3O2/c1-13(2)18(12-23)22(11-16-8-6-5-7-9-16)19(24)17-10-20-15(4)21-14(17)3/h5-10,13,18,23H,11-12H2,1-4H3/t18-/m0/s1. The number of hydrogen-bond donors (Lipinski definition) is 1. The smallest absolute Gasteiger partial charge is 0.257 e. The molecular formula is C19H25N3O2. The van der Waals surface area contributed by atoms with Crippen LogP contribution in [0.5, 0.6) is 0 Å². The summed E-state index contributed by atoms with van der Waals surface area (Å²) in [5.41, 5.74) is 2.16. The zero-order valence-electron chi connectivity index (χ0n) is 14.7. The molecule has 0 bridgehead atoms. The molecule has 1 heterocycles. The number of carbonyl (C=O) groups excluding carboxylic acids is 1. The summed E-state index contributed by atoms with van der Waals surface area (Å²) in [6, 6.07) is 9.53. The van der Waals surface area contributed by atoms with Crippen LogP contribution in [0.25, 0.3) is 0 Å². The first kappa shape index (κ1) is 18.1. The van der Waals surface area contributed by atoms with E-state index in [2.05, 4.69) is 9.97 Å². The Morgan fingerprint density at radius 1 is 1.21 bits per heavy atom. The number of amides is 1. The molecule has 0 spiro atoms. The number of aliphatic hydroxyl groups is 1. The van der Waals surface area contributed by atoms with Crippen LogP contribution >= 0.6 is 0 Å². The van der Waals surface area contributed by atoms with E-state index >= 15 is 0 Å². The van der Waals surface area contributed by atoms with E-state index in [-0.39, 0.29) is 24.5 Å². The number of rotatable bonds is 6. The molecule has 0 fully saturated rings. The van der Waals surface area contributed by atoms with Crippen molar-refractivity contribution in [1.29, 1.82) is 0 Å². The first-order valence-corrected chi connectivity index (χ1v) is 8.20. The van der Waals surface area contributed by atoms with Gasteiger partial charge in [0.05, 0.1) is 23.9 Å². The van der Waals surface area contributed by atoms with Crippen molar-refractivity contribution >= 4 is 5.91 Å². The normalized spacial score (nSPS) is 12.2. The van der Waals surface area contributed by atoms with Crippen molar-refractivity contribution in [3.8, 4) is 0 Å². The van der Waals surface area contributed by atoms with E-state index in [1.807, 2.05) is 51.1 Å². The minimum atomic E-state index is -0.265. The maximum atomic E-state index is 13.1. The fourth-order valence-electron chi connectivity index (χ4n) is 2.74. The molecule has 5 nitrogen and oxygen atoms in total. The molecule has 1 amide bonds. The molecule has 2 aromatic rings. The summed E-state index contributed by atoms with van der Waals surface area (Å²) in [6.07, 6.45) is 1.58. The summed E-state index contributed by atoms with van der Waals surface area (Å²) in [6.45, 7) is 7.98. The second kappa shape index (κ2) is 8.02. The van der Waals surface area contributed by atoms with Crippen molar-refractivity contribution in [3.05, 3.63) is 59.2 Å². The highest BCUT2D eigenvalue weighted by Crippen LogP contribution is 2.19. The van der Waals surface area contributed by atoms with Crippen molar-refractivity contribution in [2.24, 2.45) is 5.92 Å². The lowest BCUT2D eigenvalue weighted by atomic mass is 10.0. The number of benzene rings is 1. The van der Waals surface area contributed by atoms with Gasteiger partial charge < -0.3 is 10.0 Å². The van der Waals surface area contributed by atoms with Crippen LogP contribution in [0.3, 0.4) is 0 Å². The van der Waals surface area contributed by atoms with Gasteiger partial charge in [0.25, 0.3) is 5.91 Å². The molecule has 0 aliphatic carbocycles. The molecule has 1 N–H and O–H groups in total. The fraction of sp³-hybridized carbons (Fsp3) is 0.421. The zero-order valence-corrected chi connectivity index (χ0v) is 14.7. The highest BCUT2D eigenvalue weighted by molar-refractivity contribution is 5.95. The van der Waals surface area contributed by atoms with Crippen LogP contribution in [0.15, 0.2) is 36.5 Å². The Balaban J connectivity index is 2.38. The summed E-state index contributed by atoms with van der Waals surface area (Å²) >= 11 is 0. The van der Waals surface area contributed by atoms with Gasteiger partial charge in [-0.25, -0.2) is 9.97 Å². The van der Waals surface area contributed by atoms with Crippen LogP contribution in [-0.2, 0) is 6.54 Å².